The van der Waals surface area contributed by atoms with E-state index >= 15 is 0 Å². The van der Waals surface area contributed by atoms with Crippen LogP contribution in [0.2, 0.25) is 0 Å². The molecule has 31 heavy (non-hydrogen) atoms. The van der Waals surface area contributed by atoms with Crippen molar-refractivity contribution in [3.05, 3.63) is 70.3 Å². The fourth-order valence-electron chi connectivity index (χ4n) is 4.99. The summed E-state index contributed by atoms with van der Waals surface area (Å²) in [6.45, 7) is 4.11. The van der Waals surface area contributed by atoms with Crippen molar-refractivity contribution in [2.24, 2.45) is 0 Å². The quantitative estimate of drug-likeness (QED) is 0.702. The number of hydrogen-bond acceptors (Lipinski definition) is 5. The molecule has 0 radical (unpaired) electrons. The lowest BCUT2D eigenvalue weighted by molar-refractivity contribution is 0.186. The van der Waals surface area contributed by atoms with Crippen LogP contribution in [0.25, 0.3) is 10.9 Å². The van der Waals surface area contributed by atoms with Gasteiger partial charge in [0.2, 0.25) is 0 Å². The molecule has 3 aromatic rings. The van der Waals surface area contributed by atoms with Gasteiger partial charge in [-0.25, -0.2) is 0 Å². The van der Waals surface area contributed by atoms with Gasteiger partial charge in [0.05, 0.1) is 22.5 Å². The molecule has 1 saturated carbocycles. The Balaban J connectivity index is 0.00000231. The monoisotopic (exact) mass is 415 g/mol. The Morgan fingerprint density at radius 1 is 1.06 bits per heavy atom. The maximum atomic E-state index is 12.4. The number of H-pyrrole nitrogens is 1. The van der Waals surface area contributed by atoms with E-state index in [0.29, 0.717) is 22.9 Å². The van der Waals surface area contributed by atoms with Gasteiger partial charge in [0.25, 0.3) is 5.56 Å². The molecule has 6 nitrogen and oxygen atoms in total. The van der Waals surface area contributed by atoms with Crippen molar-refractivity contribution in [2.75, 3.05) is 31.1 Å². The van der Waals surface area contributed by atoms with E-state index in [2.05, 4.69) is 31.9 Å². The van der Waals surface area contributed by atoms with E-state index in [-0.39, 0.29) is 13.0 Å². The van der Waals surface area contributed by atoms with Crippen molar-refractivity contribution in [3.8, 4) is 6.07 Å². The molecular weight excluding hydrogens is 386 g/mol. The number of piperazine rings is 1. The average Bonchev–Trinajstić information content (AvgIpc) is 3.30. The molecule has 0 spiro atoms. The van der Waals surface area contributed by atoms with Crippen LogP contribution in [0.15, 0.2) is 53.5 Å². The molecule has 1 aromatic carbocycles. The number of nitrogens with zero attached hydrogens (tertiary/aromatic N) is 4. The number of nitriles is 1. The highest BCUT2D eigenvalue weighted by Gasteiger charge is 2.32. The molecule has 0 unspecified atom stereocenters. The molecule has 1 aliphatic carbocycles. The molecular formula is C25H29N5O. The third-order valence-electron chi connectivity index (χ3n) is 6.67. The average molecular weight is 416 g/mol. The van der Waals surface area contributed by atoms with Crippen molar-refractivity contribution in [1.82, 2.24) is 14.9 Å². The lowest BCUT2D eigenvalue weighted by Crippen LogP contribution is -2.49. The van der Waals surface area contributed by atoms with Gasteiger partial charge in [-0.05, 0) is 61.7 Å². The molecule has 1 N–H and O–H groups in total. The highest BCUT2D eigenvalue weighted by molar-refractivity contribution is 5.77. The highest BCUT2D eigenvalue weighted by atomic mass is 16.1. The summed E-state index contributed by atoms with van der Waals surface area (Å²) in [4.78, 5) is 24.9. The number of fused-ring (bicyclic) bond motifs is 1. The summed E-state index contributed by atoms with van der Waals surface area (Å²) >= 11 is 0. The summed E-state index contributed by atoms with van der Waals surface area (Å²) in [6, 6.07) is 16.3. The van der Waals surface area contributed by atoms with Gasteiger partial charge in [0.1, 0.15) is 0 Å². The van der Waals surface area contributed by atoms with Crippen LogP contribution in [-0.4, -0.2) is 47.1 Å². The normalized spacial score (nSPS) is 21.6. The van der Waals surface area contributed by atoms with E-state index in [9.17, 15) is 4.79 Å². The standard InChI is InChI=1S/C24H25N5O.CH4/c25-16-17-3-6-19(7-4-17)28-10-12-29(13-11-28)20-8-5-18(14-20)22-15-23-21(24(30)27-22)2-1-9-26-23;/h1-4,6-7,9,15,18,20H,5,8,10-14H2,(H,27,30);1H4/t18-,20+;/m0./s1. The number of anilines is 1. The maximum absolute atomic E-state index is 12.4. The van der Waals surface area contributed by atoms with Crippen LogP contribution >= 0.6 is 0 Å². The molecule has 2 aliphatic rings. The summed E-state index contributed by atoms with van der Waals surface area (Å²) < 4.78 is 0. The van der Waals surface area contributed by atoms with Gasteiger partial charge in [-0.2, -0.15) is 5.26 Å². The Hall–Kier alpha value is -3.17. The number of hydrogen-bond donors (Lipinski definition) is 1. The largest absolute Gasteiger partial charge is 0.369 e. The zero-order valence-corrected chi connectivity index (χ0v) is 16.9. The molecule has 1 aliphatic heterocycles. The first kappa shape index (κ1) is 21.1. The van der Waals surface area contributed by atoms with Crippen molar-refractivity contribution >= 4 is 16.6 Å². The Morgan fingerprint density at radius 2 is 1.84 bits per heavy atom. The Kier molecular flexibility index (Phi) is 6.06. The number of aromatic amines is 1. The van der Waals surface area contributed by atoms with Crippen LogP contribution in [0, 0.1) is 11.3 Å². The number of rotatable bonds is 3. The van der Waals surface area contributed by atoms with E-state index in [0.717, 1.165) is 50.2 Å². The SMILES string of the molecule is C.N#Cc1ccc(N2CCN([C@@H]3CC[C@H](c4cc5ncccc5c(=O)[nH]4)C3)CC2)cc1. The predicted octanol–water partition coefficient (Wildman–Crippen LogP) is 3.89. The molecule has 0 bridgehead atoms. The minimum absolute atomic E-state index is 0. The highest BCUT2D eigenvalue weighted by Crippen LogP contribution is 2.36. The van der Waals surface area contributed by atoms with Gasteiger partial charge in [0, 0.05) is 55.7 Å². The van der Waals surface area contributed by atoms with Gasteiger partial charge in [-0.1, -0.05) is 7.43 Å². The minimum Gasteiger partial charge on any atom is -0.369 e. The third-order valence-corrected chi connectivity index (χ3v) is 6.67. The van der Waals surface area contributed by atoms with Gasteiger partial charge in [-0.3, -0.25) is 14.7 Å². The smallest absolute Gasteiger partial charge is 0.257 e. The Bertz CT molecular complexity index is 1140. The van der Waals surface area contributed by atoms with Crippen LogP contribution < -0.4 is 10.5 Å². The van der Waals surface area contributed by atoms with Crippen molar-refractivity contribution < 1.29 is 0 Å². The summed E-state index contributed by atoms with van der Waals surface area (Å²) in [6.07, 6.45) is 5.11. The zero-order chi connectivity index (χ0) is 20.5. The molecule has 6 heteroatoms. The predicted molar refractivity (Wildman–Crippen MR) is 124 cm³/mol. The summed E-state index contributed by atoms with van der Waals surface area (Å²) in [5.41, 5.74) is 3.69. The number of pyridine rings is 2. The van der Waals surface area contributed by atoms with Crippen molar-refractivity contribution in [3.63, 3.8) is 0 Å². The van der Waals surface area contributed by atoms with Crippen molar-refractivity contribution in [2.45, 2.75) is 38.6 Å². The molecule has 160 valence electrons. The van der Waals surface area contributed by atoms with Crippen LogP contribution in [-0.2, 0) is 0 Å². The second-order valence-corrected chi connectivity index (χ2v) is 8.34. The topological polar surface area (TPSA) is 76.0 Å². The van der Waals surface area contributed by atoms with E-state index in [1.165, 1.54) is 12.1 Å². The van der Waals surface area contributed by atoms with E-state index in [1.807, 2.05) is 30.3 Å². The van der Waals surface area contributed by atoms with Gasteiger partial charge >= 0.3 is 0 Å². The molecule has 2 atom stereocenters. The fraction of sp³-hybridized carbons (Fsp3) is 0.400. The van der Waals surface area contributed by atoms with Crippen molar-refractivity contribution in [1.29, 1.82) is 5.26 Å². The minimum atomic E-state index is -0.0323. The van der Waals surface area contributed by atoms with Gasteiger partial charge < -0.3 is 9.88 Å². The third kappa shape index (κ3) is 4.19. The summed E-state index contributed by atoms with van der Waals surface area (Å²) in [5, 5.41) is 9.63. The first-order chi connectivity index (χ1) is 14.7. The molecule has 3 heterocycles. The van der Waals surface area contributed by atoms with Crippen LogP contribution in [0.5, 0.6) is 0 Å². The summed E-state index contributed by atoms with van der Waals surface area (Å²) in [7, 11) is 0. The maximum Gasteiger partial charge on any atom is 0.257 e. The Labute approximate surface area is 183 Å². The number of aromatic nitrogens is 2. The fourth-order valence-corrected chi connectivity index (χ4v) is 4.99. The first-order valence-electron chi connectivity index (χ1n) is 10.7. The number of benzene rings is 1. The second kappa shape index (κ2) is 8.91. The zero-order valence-electron chi connectivity index (χ0n) is 16.9. The molecule has 2 aromatic heterocycles. The van der Waals surface area contributed by atoms with E-state index in [1.54, 1.807) is 12.3 Å². The van der Waals surface area contributed by atoms with Crippen LogP contribution in [0.1, 0.15) is 43.9 Å². The summed E-state index contributed by atoms with van der Waals surface area (Å²) in [5.74, 6) is 0.394. The first-order valence-corrected chi connectivity index (χ1v) is 10.7. The van der Waals surface area contributed by atoms with Crippen LogP contribution in [0.3, 0.4) is 0 Å². The van der Waals surface area contributed by atoms with Gasteiger partial charge in [-0.15, -0.1) is 0 Å². The number of nitrogens with one attached hydrogen (secondary N) is 1. The van der Waals surface area contributed by atoms with E-state index < -0.39 is 0 Å². The molecule has 5 rings (SSSR count). The van der Waals surface area contributed by atoms with Crippen LogP contribution in [0.4, 0.5) is 5.69 Å². The van der Waals surface area contributed by atoms with E-state index in [4.69, 9.17) is 5.26 Å². The molecule has 1 saturated heterocycles. The Morgan fingerprint density at radius 3 is 2.58 bits per heavy atom. The lowest BCUT2D eigenvalue weighted by Gasteiger charge is -2.39. The molecule has 2 fully saturated rings. The van der Waals surface area contributed by atoms with Gasteiger partial charge in [0.15, 0.2) is 0 Å². The molecule has 0 amide bonds. The lowest BCUT2D eigenvalue weighted by atomic mass is 10.0. The second-order valence-electron chi connectivity index (χ2n) is 8.34.